The van der Waals surface area contributed by atoms with Crippen LogP contribution in [0.25, 0.3) is 0 Å². The Kier molecular flexibility index (Phi) is 2.05. The molecule has 0 saturated carbocycles. The van der Waals surface area contributed by atoms with Gasteiger partial charge in [0, 0.05) is 6.08 Å². The van der Waals surface area contributed by atoms with Crippen LogP contribution in [0.5, 0.6) is 0 Å². The molecule has 0 unspecified atom stereocenters. The zero-order valence-corrected chi connectivity index (χ0v) is 5.45. The van der Waals surface area contributed by atoms with Gasteiger partial charge in [0.1, 0.15) is 0 Å². The standard InChI is InChI=1S/C8H8O2/c9-8(10)6-5-7-3-1-2-4-7/h1-3,5-6H,4H2,(H,9,10)/b6-5+. The average molecular weight is 136 g/mol. The molecule has 1 N–H and O–H groups in total. The molecule has 0 aromatic rings. The van der Waals surface area contributed by atoms with Crippen LogP contribution in [0.15, 0.2) is 36.0 Å². The largest absolute Gasteiger partial charge is 0.478 e. The molecule has 0 aromatic heterocycles. The number of carboxylic acids is 1. The zero-order chi connectivity index (χ0) is 7.40. The van der Waals surface area contributed by atoms with E-state index in [9.17, 15) is 4.79 Å². The van der Waals surface area contributed by atoms with Crippen molar-refractivity contribution in [3.63, 3.8) is 0 Å². The first-order valence-corrected chi connectivity index (χ1v) is 3.06. The zero-order valence-electron chi connectivity index (χ0n) is 5.45. The third kappa shape index (κ3) is 1.90. The Bertz CT molecular complexity index is 221. The monoisotopic (exact) mass is 136 g/mol. The molecular formula is C8H8O2. The second-order valence-corrected chi connectivity index (χ2v) is 2.05. The van der Waals surface area contributed by atoms with Crippen molar-refractivity contribution in [2.45, 2.75) is 6.42 Å². The smallest absolute Gasteiger partial charge is 0.328 e. The summed E-state index contributed by atoms with van der Waals surface area (Å²) < 4.78 is 0. The maximum atomic E-state index is 10.0. The summed E-state index contributed by atoms with van der Waals surface area (Å²) in [5, 5.41) is 8.24. The Labute approximate surface area is 59.2 Å². The van der Waals surface area contributed by atoms with Crippen molar-refractivity contribution >= 4 is 5.97 Å². The van der Waals surface area contributed by atoms with Gasteiger partial charge in [0.15, 0.2) is 0 Å². The summed E-state index contributed by atoms with van der Waals surface area (Å²) in [6, 6.07) is 0. The lowest BCUT2D eigenvalue weighted by atomic mass is 10.2. The van der Waals surface area contributed by atoms with Crippen molar-refractivity contribution in [3.8, 4) is 0 Å². The Morgan fingerprint density at radius 1 is 1.70 bits per heavy atom. The van der Waals surface area contributed by atoms with Gasteiger partial charge < -0.3 is 5.11 Å². The van der Waals surface area contributed by atoms with Crippen LogP contribution in [-0.2, 0) is 4.79 Å². The molecule has 2 heteroatoms. The normalized spacial score (nSPS) is 16.2. The first kappa shape index (κ1) is 6.81. The molecule has 0 bridgehead atoms. The average Bonchev–Trinajstić information content (AvgIpc) is 2.34. The van der Waals surface area contributed by atoms with Gasteiger partial charge in [-0.25, -0.2) is 4.79 Å². The van der Waals surface area contributed by atoms with Gasteiger partial charge in [-0.3, -0.25) is 0 Å². The summed E-state index contributed by atoms with van der Waals surface area (Å²) in [6.45, 7) is 0. The summed E-state index contributed by atoms with van der Waals surface area (Å²) in [4.78, 5) is 10.0. The third-order valence-electron chi connectivity index (χ3n) is 1.24. The maximum absolute atomic E-state index is 10.0. The summed E-state index contributed by atoms with van der Waals surface area (Å²) >= 11 is 0. The second-order valence-electron chi connectivity index (χ2n) is 2.05. The van der Waals surface area contributed by atoms with E-state index in [0.29, 0.717) is 0 Å². The summed E-state index contributed by atoms with van der Waals surface area (Å²) in [5.74, 6) is -0.896. The first-order chi connectivity index (χ1) is 4.79. The molecule has 1 aliphatic carbocycles. The second kappa shape index (κ2) is 3.01. The molecule has 10 heavy (non-hydrogen) atoms. The maximum Gasteiger partial charge on any atom is 0.328 e. The van der Waals surface area contributed by atoms with Crippen LogP contribution in [0, 0.1) is 0 Å². The fraction of sp³-hybridized carbons (Fsp3) is 0.125. The van der Waals surface area contributed by atoms with Gasteiger partial charge in [-0.05, 0) is 12.0 Å². The number of carboxylic acid groups (broad SMARTS) is 1. The van der Waals surface area contributed by atoms with E-state index in [4.69, 9.17) is 5.11 Å². The van der Waals surface area contributed by atoms with Gasteiger partial charge in [0.05, 0.1) is 0 Å². The van der Waals surface area contributed by atoms with Crippen molar-refractivity contribution < 1.29 is 9.90 Å². The summed E-state index contributed by atoms with van der Waals surface area (Å²) in [6.07, 6.45) is 9.42. The van der Waals surface area contributed by atoms with E-state index >= 15 is 0 Å². The number of hydrogen-bond acceptors (Lipinski definition) is 1. The highest BCUT2D eigenvalue weighted by Gasteiger charge is 1.93. The van der Waals surface area contributed by atoms with Crippen molar-refractivity contribution in [1.82, 2.24) is 0 Å². The van der Waals surface area contributed by atoms with Gasteiger partial charge in [0.25, 0.3) is 0 Å². The lowest BCUT2D eigenvalue weighted by Gasteiger charge is -1.86. The molecule has 52 valence electrons. The summed E-state index contributed by atoms with van der Waals surface area (Å²) in [5.41, 5.74) is 1.04. The highest BCUT2D eigenvalue weighted by Crippen LogP contribution is 2.10. The highest BCUT2D eigenvalue weighted by molar-refractivity contribution is 5.80. The molecule has 0 aliphatic heterocycles. The van der Waals surface area contributed by atoms with Gasteiger partial charge in [-0.1, -0.05) is 24.3 Å². The van der Waals surface area contributed by atoms with Gasteiger partial charge in [-0.15, -0.1) is 0 Å². The molecule has 0 fully saturated rings. The van der Waals surface area contributed by atoms with Crippen LogP contribution in [0.3, 0.4) is 0 Å². The lowest BCUT2D eigenvalue weighted by Crippen LogP contribution is -1.85. The number of allylic oxidation sites excluding steroid dienone is 5. The van der Waals surface area contributed by atoms with Crippen LogP contribution in [0.2, 0.25) is 0 Å². The van der Waals surface area contributed by atoms with Crippen molar-refractivity contribution in [2.24, 2.45) is 0 Å². The number of carbonyl (C=O) groups is 1. The third-order valence-corrected chi connectivity index (χ3v) is 1.24. The van der Waals surface area contributed by atoms with E-state index in [1.54, 1.807) is 6.08 Å². The van der Waals surface area contributed by atoms with Crippen LogP contribution in [-0.4, -0.2) is 11.1 Å². The van der Waals surface area contributed by atoms with Gasteiger partial charge >= 0.3 is 5.97 Å². The van der Waals surface area contributed by atoms with E-state index in [0.717, 1.165) is 18.1 Å². The van der Waals surface area contributed by atoms with E-state index < -0.39 is 5.97 Å². The molecule has 0 radical (unpaired) electrons. The van der Waals surface area contributed by atoms with Crippen LogP contribution < -0.4 is 0 Å². The number of rotatable bonds is 2. The minimum Gasteiger partial charge on any atom is -0.478 e. The fourth-order valence-electron chi connectivity index (χ4n) is 0.766. The number of aliphatic carboxylic acids is 1. The Balaban J connectivity index is 2.47. The molecule has 0 saturated heterocycles. The molecule has 1 rings (SSSR count). The molecule has 0 heterocycles. The topological polar surface area (TPSA) is 37.3 Å². The first-order valence-electron chi connectivity index (χ1n) is 3.06. The minimum absolute atomic E-state index is 0.851. The van der Waals surface area contributed by atoms with E-state index in [-0.39, 0.29) is 0 Å². The van der Waals surface area contributed by atoms with Crippen molar-refractivity contribution in [3.05, 3.63) is 36.0 Å². The lowest BCUT2D eigenvalue weighted by molar-refractivity contribution is -0.131. The van der Waals surface area contributed by atoms with Gasteiger partial charge in [0.2, 0.25) is 0 Å². The molecule has 0 spiro atoms. The van der Waals surface area contributed by atoms with Crippen LogP contribution >= 0.6 is 0 Å². The fourth-order valence-corrected chi connectivity index (χ4v) is 0.766. The molecule has 0 amide bonds. The molecular weight excluding hydrogens is 128 g/mol. The number of hydrogen-bond donors (Lipinski definition) is 1. The van der Waals surface area contributed by atoms with E-state index in [2.05, 4.69) is 0 Å². The Morgan fingerprint density at radius 2 is 2.50 bits per heavy atom. The van der Waals surface area contributed by atoms with E-state index in [1.807, 2.05) is 18.2 Å². The van der Waals surface area contributed by atoms with Crippen molar-refractivity contribution in [1.29, 1.82) is 0 Å². The molecule has 0 aromatic carbocycles. The van der Waals surface area contributed by atoms with E-state index in [1.165, 1.54) is 0 Å². The van der Waals surface area contributed by atoms with Crippen LogP contribution in [0.1, 0.15) is 6.42 Å². The predicted molar refractivity (Wildman–Crippen MR) is 38.6 cm³/mol. The highest BCUT2D eigenvalue weighted by atomic mass is 16.4. The Morgan fingerprint density at radius 3 is 3.00 bits per heavy atom. The van der Waals surface area contributed by atoms with Crippen molar-refractivity contribution in [2.75, 3.05) is 0 Å². The quantitative estimate of drug-likeness (QED) is 0.584. The Hall–Kier alpha value is -1.31. The molecule has 1 aliphatic rings. The molecule has 2 nitrogen and oxygen atoms in total. The predicted octanol–water partition coefficient (Wildman–Crippen LogP) is 1.51. The van der Waals surface area contributed by atoms with Crippen LogP contribution in [0.4, 0.5) is 0 Å². The van der Waals surface area contributed by atoms with Gasteiger partial charge in [-0.2, -0.15) is 0 Å². The summed E-state index contributed by atoms with van der Waals surface area (Å²) in [7, 11) is 0. The SMILES string of the molecule is O=C(O)/C=C/C1=CC=CC1. The minimum atomic E-state index is -0.896. The molecule has 0 atom stereocenters.